The molecule has 1 aromatic carbocycles. The fourth-order valence-corrected chi connectivity index (χ4v) is 3.75. The van der Waals surface area contributed by atoms with Gasteiger partial charge in [-0.15, -0.1) is 0 Å². The fourth-order valence-electron chi connectivity index (χ4n) is 3.75. The van der Waals surface area contributed by atoms with Crippen molar-refractivity contribution in [1.29, 1.82) is 0 Å². The van der Waals surface area contributed by atoms with Crippen molar-refractivity contribution in [3.63, 3.8) is 0 Å². The molecule has 1 atom stereocenters. The maximum atomic E-state index is 13.1. The molecule has 27 heavy (non-hydrogen) atoms. The number of aliphatic carboxylic acids is 1. The molecule has 1 aromatic heterocycles. The monoisotopic (exact) mass is 371 g/mol. The van der Waals surface area contributed by atoms with E-state index in [1.165, 1.54) is 7.11 Å². The quantitative estimate of drug-likeness (QED) is 0.873. The Labute approximate surface area is 158 Å². The number of likely N-dealkylation sites (tertiary alicyclic amines) is 1. The number of carbonyl (C=O) groups excluding carboxylic acids is 1. The first-order valence-corrected chi connectivity index (χ1v) is 9.01. The van der Waals surface area contributed by atoms with Crippen LogP contribution in [0.3, 0.4) is 0 Å². The van der Waals surface area contributed by atoms with Crippen LogP contribution in [-0.4, -0.2) is 58.5 Å². The van der Waals surface area contributed by atoms with E-state index in [4.69, 9.17) is 4.74 Å². The Morgan fingerprint density at radius 1 is 1.33 bits per heavy atom. The molecule has 2 heterocycles. The van der Waals surface area contributed by atoms with Gasteiger partial charge in [-0.25, -0.2) is 4.68 Å². The Morgan fingerprint density at radius 3 is 2.78 bits per heavy atom. The van der Waals surface area contributed by atoms with Gasteiger partial charge in [0.05, 0.1) is 29.7 Å². The molecule has 1 fully saturated rings. The van der Waals surface area contributed by atoms with Crippen molar-refractivity contribution in [1.82, 2.24) is 14.7 Å². The van der Waals surface area contributed by atoms with Crippen LogP contribution in [-0.2, 0) is 9.53 Å². The van der Waals surface area contributed by atoms with Crippen LogP contribution in [0, 0.1) is 19.3 Å². The first-order chi connectivity index (χ1) is 12.9. The van der Waals surface area contributed by atoms with Crippen molar-refractivity contribution in [2.24, 2.45) is 5.41 Å². The SMILES string of the molecule is COCC1(C(=O)O)CCCN(C(=O)c2cnn(-c3cccc(C)c3)c2C)C1. The standard InChI is InChI=1S/C20H25N3O4/c1-14-6-4-7-16(10-14)23-15(2)17(11-21-23)18(24)22-9-5-8-20(12-22,13-27-3)19(25)26/h4,6-7,10-11H,5,8-9,12-13H2,1-3H3,(H,25,26). The average molecular weight is 371 g/mol. The highest BCUT2D eigenvalue weighted by atomic mass is 16.5. The van der Waals surface area contributed by atoms with E-state index in [0.29, 0.717) is 24.9 Å². The predicted octanol–water partition coefficient (Wildman–Crippen LogP) is 2.44. The Morgan fingerprint density at radius 2 is 2.11 bits per heavy atom. The van der Waals surface area contributed by atoms with E-state index < -0.39 is 11.4 Å². The van der Waals surface area contributed by atoms with Crippen LogP contribution in [0.2, 0.25) is 0 Å². The molecule has 0 bridgehead atoms. The second-order valence-electron chi connectivity index (χ2n) is 7.24. The number of amides is 1. The topological polar surface area (TPSA) is 84.7 Å². The minimum Gasteiger partial charge on any atom is -0.481 e. The van der Waals surface area contributed by atoms with Gasteiger partial charge in [-0.1, -0.05) is 12.1 Å². The minimum atomic E-state index is -1.05. The van der Waals surface area contributed by atoms with Crippen LogP contribution in [0.25, 0.3) is 5.69 Å². The Hall–Kier alpha value is -2.67. The summed E-state index contributed by atoms with van der Waals surface area (Å²) < 4.78 is 6.88. The van der Waals surface area contributed by atoms with Crippen LogP contribution in [0.5, 0.6) is 0 Å². The number of carboxylic acid groups (broad SMARTS) is 1. The maximum absolute atomic E-state index is 13.1. The van der Waals surface area contributed by atoms with Gasteiger partial charge in [0.25, 0.3) is 5.91 Å². The molecular weight excluding hydrogens is 346 g/mol. The molecule has 0 saturated carbocycles. The third-order valence-corrected chi connectivity index (χ3v) is 5.22. The van der Waals surface area contributed by atoms with Crippen molar-refractivity contribution in [2.45, 2.75) is 26.7 Å². The number of piperidine rings is 1. The number of hydrogen-bond donors (Lipinski definition) is 1. The van der Waals surface area contributed by atoms with Gasteiger partial charge in [-0.2, -0.15) is 5.10 Å². The number of ether oxygens (including phenoxy) is 1. The van der Waals surface area contributed by atoms with Gasteiger partial charge in [-0.05, 0) is 44.4 Å². The number of methoxy groups -OCH3 is 1. The Bertz CT molecular complexity index is 857. The number of aryl methyl sites for hydroxylation is 1. The van der Waals surface area contributed by atoms with E-state index in [0.717, 1.165) is 16.9 Å². The zero-order valence-electron chi connectivity index (χ0n) is 15.9. The predicted molar refractivity (Wildman–Crippen MR) is 100 cm³/mol. The summed E-state index contributed by atoms with van der Waals surface area (Å²) in [6, 6.07) is 7.90. The fraction of sp³-hybridized carbons (Fsp3) is 0.450. The van der Waals surface area contributed by atoms with Crippen molar-refractivity contribution in [3.8, 4) is 5.69 Å². The summed E-state index contributed by atoms with van der Waals surface area (Å²) in [7, 11) is 1.49. The molecule has 1 aliphatic heterocycles. The Kier molecular flexibility index (Phi) is 5.32. The van der Waals surface area contributed by atoms with Gasteiger partial charge >= 0.3 is 5.97 Å². The second-order valence-corrected chi connectivity index (χ2v) is 7.24. The van der Waals surface area contributed by atoms with Crippen LogP contribution in [0.4, 0.5) is 0 Å². The maximum Gasteiger partial charge on any atom is 0.313 e. The minimum absolute atomic E-state index is 0.0909. The van der Waals surface area contributed by atoms with Gasteiger partial charge in [0.15, 0.2) is 0 Å². The van der Waals surface area contributed by atoms with Gasteiger partial charge in [0.1, 0.15) is 5.41 Å². The number of nitrogens with zero attached hydrogens (tertiary/aromatic N) is 3. The molecule has 0 aliphatic carbocycles. The van der Waals surface area contributed by atoms with Crippen LogP contribution < -0.4 is 0 Å². The molecule has 3 rings (SSSR count). The van der Waals surface area contributed by atoms with Crippen LogP contribution in [0.15, 0.2) is 30.5 Å². The number of aromatic nitrogens is 2. The molecular formula is C20H25N3O4. The van der Waals surface area contributed by atoms with Gasteiger partial charge in [-0.3, -0.25) is 9.59 Å². The molecule has 1 aliphatic rings. The zero-order chi connectivity index (χ0) is 19.6. The summed E-state index contributed by atoms with van der Waals surface area (Å²) in [5, 5.41) is 14.1. The Balaban J connectivity index is 1.87. The number of rotatable bonds is 5. The molecule has 7 heteroatoms. The van der Waals surface area contributed by atoms with Crippen molar-refractivity contribution < 1.29 is 19.4 Å². The molecule has 0 spiro atoms. The van der Waals surface area contributed by atoms with E-state index in [9.17, 15) is 14.7 Å². The zero-order valence-corrected chi connectivity index (χ0v) is 15.9. The third-order valence-electron chi connectivity index (χ3n) is 5.22. The molecule has 144 valence electrons. The van der Waals surface area contributed by atoms with Crippen LogP contribution >= 0.6 is 0 Å². The number of carbonyl (C=O) groups is 2. The molecule has 2 aromatic rings. The molecule has 1 saturated heterocycles. The van der Waals surface area contributed by atoms with E-state index in [1.807, 2.05) is 38.1 Å². The first-order valence-electron chi connectivity index (χ1n) is 9.01. The smallest absolute Gasteiger partial charge is 0.313 e. The van der Waals surface area contributed by atoms with Crippen molar-refractivity contribution in [2.75, 3.05) is 26.8 Å². The lowest BCUT2D eigenvalue weighted by Crippen LogP contribution is -2.52. The summed E-state index contributed by atoms with van der Waals surface area (Å²) in [4.78, 5) is 26.5. The van der Waals surface area contributed by atoms with Crippen LogP contribution in [0.1, 0.15) is 34.5 Å². The first kappa shape index (κ1) is 19.1. The highest BCUT2D eigenvalue weighted by molar-refractivity contribution is 5.95. The molecule has 7 nitrogen and oxygen atoms in total. The lowest BCUT2D eigenvalue weighted by molar-refractivity contribution is -0.155. The highest BCUT2D eigenvalue weighted by Crippen LogP contribution is 2.32. The molecule has 1 amide bonds. The van der Waals surface area contributed by atoms with E-state index in [1.54, 1.807) is 15.8 Å². The lowest BCUT2D eigenvalue weighted by atomic mass is 9.80. The summed E-state index contributed by atoms with van der Waals surface area (Å²) >= 11 is 0. The molecule has 1 unspecified atom stereocenters. The van der Waals surface area contributed by atoms with Gasteiger partial charge in [0, 0.05) is 20.2 Å². The van der Waals surface area contributed by atoms with E-state index in [2.05, 4.69) is 5.10 Å². The summed E-state index contributed by atoms with van der Waals surface area (Å²) in [6.45, 7) is 4.62. The normalized spacial score (nSPS) is 19.9. The van der Waals surface area contributed by atoms with E-state index in [-0.39, 0.29) is 19.1 Å². The van der Waals surface area contributed by atoms with Gasteiger partial charge in [0.2, 0.25) is 0 Å². The summed E-state index contributed by atoms with van der Waals surface area (Å²) in [6.07, 6.45) is 2.70. The molecule has 1 N–H and O–H groups in total. The number of carboxylic acids is 1. The summed E-state index contributed by atoms with van der Waals surface area (Å²) in [5.41, 5.74) is 2.18. The molecule has 0 radical (unpaired) electrons. The second kappa shape index (κ2) is 7.52. The largest absolute Gasteiger partial charge is 0.481 e. The average Bonchev–Trinajstić information content (AvgIpc) is 3.03. The summed E-state index contributed by atoms with van der Waals surface area (Å²) in [5.74, 6) is -1.11. The lowest BCUT2D eigenvalue weighted by Gasteiger charge is -2.39. The van der Waals surface area contributed by atoms with Crippen molar-refractivity contribution >= 4 is 11.9 Å². The number of benzene rings is 1. The highest BCUT2D eigenvalue weighted by Gasteiger charge is 2.44. The van der Waals surface area contributed by atoms with Gasteiger partial charge < -0.3 is 14.7 Å². The third kappa shape index (κ3) is 3.60. The van der Waals surface area contributed by atoms with E-state index >= 15 is 0 Å². The number of hydrogen-bond acceptors (Lipinski definition) is 4. The van der Waals surface area contributed by atoms with Crippen molar-refractivity contribution in [3.05, 3.63) is 47.3 Å².